The second kappa shape index (κ2) is 6.65. The number of hydrogen-bond acceptors (Lipinski definition) is 5. The summed E-state index contributed by atoms with van der Waals surface area (Å²) in [6, 6.07) is 12.7. The minimum absolute atomic E-state index is 0.198. The van der Waals surface area contributed by atoms with Crippen molar-refractivity contribution in [3.8, 4) is 11.3 Å². The van der Waals surface area contributed by atoms with Crippen LogP contribution in [0.1, 0.15) is 10.5 Å². The van der Waals surface area contributed by atoms with E-state index in [2.05, 4.69) is 25.8 Å². The number of aromatic amines is 1. The Kier molecular flexibility index (Phi) is 4.23. The summed E-state index contributed by atoms with van der Waals surface area (Å²) in [6.07, 6.45) is 1.33. The molecule has 3 aromatic rings. The third-order valence-electron chi connectivity index (χ3n) is 3.19. The van der Waals surface area contributed by atoms with Crippen molar-refractivity contribution in [2.45, 2.75) is 6.54 Å². The third kappa shape index (κ3) is 3.49. The molecule has 2 heterocycles. The van der Waals surface area contributed by atoms with Gasteiger partial charge in [-0.25, -0.2) is 4.68 Å². The Bertz CT molecular complexity index is 842. The van der Waals surface area contributed by atoms with Crippen molar-refractivity contribution >= 4 is 5.91 Å². The highest BCUT2D eigenvalue weighted by Crippen LogP contribution is 2.13. The molecule has 2 aromatic heterocycles. The first-order valence-electron chi connectivity index (χ1n) is 7.01. The molecule has 0 aliphatic carbocycles. The number of nitrogens with one attached hydrogen (secondary N) is 2. The zero-order valence-electron chi connectivity index (χ0n) is 12.1. The standard InChI is InChI=1S/C15H14N6O2/c22-14-7-6-12(11-4-2-1-3-5-11)19-21(14)9-8-16-15(23)13-10-17-20-18-13/h1-7,10H,8-9H2,(H,16,23)(H,17,18,20). The number of benzene rings is 1. The Hall–Kier alpha value is -3.29. The summed E-state index contributed by atoms with van der Waals surface area (Å²) in [5, 5.41) is 16.6. The molecule has 0 aliphatic rings. The normalized spacial score (nSPS) is 10.4. The van der Waals surface area contributed by atoms with E-state index in [1.54, 1.807) is 6.07 Å². The van der Waals surface area contributed by atoms with E-state index in [1.165, 1.54) is 16.9 Å². The average Bonchev–Trinajstić information content (AvgIpc) is 3.12. The van der Waals surface area contributed by atoms with Crippen molar-refractivity contribution in [2.75, 3.05) is 6.54 Å². The molecule has 0 aliphatic heterocycles. The zero-order chi connectivity index (χ0) is 16.1. The lowest BCUT2D eigenvalue weighted by atomic mass is 10.1. The number of H-pyrrole nitrogens is 1. The molecular formula is C15H14N6O2. The molecule has 2 N–H and O–H groups in total. The Balaban J connectivity index is 1.68. The van der Waals surface area contributed by atoms with E-state index in [-0.39, 0.29) is 30.2 Å². The molecular weight excluding hydrogens is 296 g/mol. The van der Waals surface area contributed by atoms with Crippen LogP contribution in [0.15, 0.2) is 53.5 Å². The van der Waals surface area contributed by atoms with Gasteiger partial charge in [0.2, 0.25) is 0 Å². The van der Waals surface area contributed by atoms with Gasteiger partial charge in [0, 0.05) is 18.2 Å². The third-order valence-corrected chi connectivity index (χ3v) is 3.19. The molecule has 0 saturated heterocycles. The van der Waals surface area contributed by atoms with Crippen molar-refractivity contribution in [3.05, 3.63) is 64.7 Å². The highest BCUT2D eigenvalue weighted by atomic mass is 16.2. The van der Waals surface area contributed by atoms with Gasteiger partial charge in [0.05, 0.1) is 18.4 Å². The largest absolute Gasteiger partial charge is 0.349 e. The van der Waals surface area contributed by atoms with Crippen molar-refractivity contribution in [3.63, 3.8) is 0 Å². The van der Waals surface area contributed by atoms with Crippen LogP contribution in [-0.4, -0.2) is 37.6 Å². The van der Waals surface area contributed by atoms with Crippen LogP contribution in [0.4, 0.5) is 0 Å². The molecule has 0 spiro atoms. The number of carbonyl (C=O) groups excluding carboxylic acids is 1. The molecule has 8 heteroatoms. The SMILES string of the molecule is O=C(NCCn1nc(-c2ccccc2)ccc1=O)c1cn[nH]n1. The summed E-state index contributed by atoms with van der Waals surface area (Å²) >= 11 is 0. The monoisotopic (exact) mass is 310 g/mol. The second-order valence-corrected chi connectivity index (χ2v) is 4.76. The Morgan fingerprint density at radius 1 is 1.17 bits per heavy atom. The van der Waals surface area contributed by atoms with Gasteiger partial charge < -0.3 is 5.32 Å². The van der Waals surface area contributed by atoms with Gasteiger partial charge in [0.25, 0.3) is 11.5 Å². The first-order chi connectivity index (χ1) is 11.2. The quantitative estimate of drug-likeness (QED) is 0.712. The maximum absolute atomic E-state index is 11.9. The molecule has 116 valence electrons. The van der Waals surface area contributed by atoms with Crippen LogP contribution in [0.3, 0.4) is 0 Å². The van der Waals surface area contributed by atoms with Gasteiger partial charge in [-0.05, 0) is 6.07 Å². The highest BCUT2D eigenvalue weighted by Gasteiger charge is 2.08. The molecule has 0 fully saturated rings. The van der Waals surface area contributed by atoms with E-state index in [0.717, 1.165) is 5.56 Å². The van der Waals surface area contributed by atoms with Crippen LogP contribution >= 0.6 is 0 Å². The van der Waals surface area contributed by atoms with E-state index in [1.807, 2.05) is 30.3 Å². The van der Waals surface area contributed by atoms with Gasteiger partial charge in [-0.3, -0.25) is 9.59 Å². The molecule has 0 saturated carbocycles. The maximum atomic E-state index is 11.9. The Morgan fingerprint density at radius 3 is 2.74 bits per heavy atom. The smallest absolute Gasteiger partial charge is 0.273 e. The Labute approximate surface area is 131 Å². The zero-order valence-corrected chi connectivity index (χ0v) is 12.1. The van der Waals surface area contributed by atoms with E-state index >= 15 is 0 Å². The van der Waals surface area contributed by atoms with Crippen molar-refractivity contribution in [1.82, 2.24) is 30.5 Å². The number of nitrogens with zero attached hydrogens (tertiary/aromatic N) is 4. The number of carbonyl (C=O) groups is 1. The number of rotatable bonds is 5. The summed E-state index contributed by atoms with van der Waals surface area (Å²) in [7, 11) is 0. The molecule has 8 nitrogen and oxygen atoms in total. The summed E-state index contributed by atoms with van der Waals surface area (Å²) in [5.74, 6) is -0.356. The topological polar surface area (TPSA) is 106 Å². The minimum atomic E-state index is -0.356. The van der Waals surface area contributed by atoms with Crippen LogP contribution in [0.25, 0.3) is 11.3 Å². The Morgan fingerprint density at radius 2 is 2.00 bits per heavy atom. The first kappa shape index (κ1) is 14.6. The summed E-state index contributed by atoms with van der Waals surface area (Å²) in [4.78, 5) is 23.6. The summed E-state index contributed by atoms with van der Waals surface area (Å²) in [5.41, 5.74) is 1.60. The number of aromatic nitrogens is 5. The van der Waals surface area contributed by atoms with Gasteiger partial charge in [-0.2, -0.15) is 20.5 Å². The molecule has 0 radical (unpaired) electrons. The second-order valence-electron chi connectivity index (χ2n) is 4.76. The van der Waals surface area contributed by atoms with Crippen molar-refractivity contribution in [2.24, 2.45) is 0 Å². The molecule has 3 rings (SSSR count). The minimum Gasteiger partial charge on any atom is -0.349 e. The fourth-order valence-electron chi connectivity index (χ4n) is 2.05. The van der Waals surface area contributed by atoms with Crippen LogP contribution in [0.5, 0.6) is 0 Å². The van der Waals surface area contributed by atoms with Gasteiger partial charge in [-0.1, -0.05) is 30.3 Å². The number of hydrogen-bond donors (Lipinski definition) is 2. The molecule has 1 amide bonds. The first-order valence-corrected chi connectivity index (χ1v) is 7.01. The molecule has 23 heavy (non-hydrogen) atoms. The van der Waals surface area contributed by atoms with E-state index in [9.17, 15) is 9.59 Å². The molecule has 0 atom stereocenters. The predicted molar refractivity (Wildman–Crippen MR) is 82.6 cm³/mol. The van der Waals surface area contributed by atoms with Crippen LogP contribution in [0.2, 0.25) is 0 Å². The van der Waals surface area contributed by atoms with E-state index < -0.39 is 0 Å². The van der Waals surface area contributed by atoms with E-state index in [0.29, 0.717) is 5.69 Å². The van der Waals surface area contributed by atoms with Gasteiger partial charge >= 0.3 is 0 Å². The predicted octanol–water partition coefficient (Wildman–Crippen LogP) is 0.458. The van der Waals surface area contributed by atoms with E-state index in [4.69, 9.17) is 0 Å². The lowest BCUT2D eigenvalue weighted by Crippen LogP contribution is -2.32. The fourth-order valence-corrected chi connectivity index (χ4v) is 2.05. The lowest BCUT2D eigenvalue weighted by molar-refractivity contribution is 0.0946. The van der Waals surface area contributed by atoms with Gasteiger partial charge in [0.1, 0.15) is 0 Å². The van der Waals surface area contributed by atoms with Crippen LogP contribution < -0.4 is 10.9 Å². The molecule has 0 unspecified atom stereocenters. The summed E-state index contributed by atoms with van der Waals surface area (Å²) in [6.45, 7) is 0.528. The number of amides is 1. The summed E-state index contributed by atoms with van der Waals surface area (Å²) < 4.78 is 1.32. The van der Waals surface area contributed by atoms with Gasteiger partial charge in [-0.15, -0.1) is 0 Å². The van der Waals surface area contributed by atoms with Crippen LogP contribution in [-0.2, 0) is 6.54 Å². The maximum Gasteiger partial charge on any atom is 0.273 e. The van der Waals surface area contributed by atoms with Gasteiger partial charge in [0.15, 0.2) is 5.69 Å². The highest BCUT2D eigenvalue weighted by molar-refractivity contribution is 5.91. The van der Waals surface area contributed by atoms with Crippen molar-refractivity contribution in [1.29, 1.82) is 0 Å². The molecule has 1 aromatic carbocycles. The fraction of sp³-hybridized carbons (Fsp3) is 0.133. The lowest BCUT2D eigenvalue weighted by Gasteiger charge is -2.07. The van der Waals surface area contributed by atoms with Crippen molar-refractivity contribution < 1.29 is 4.79 Å². The van der Waals surface area contributed by atoms with Crippen LogP contribution in [0, 0.1) is 0 Å². The molecule has 0 bridgehead atoms. The average molecular weight is 310 g/mol.